The molecule has 106 valence electrons. The van der Waals surface area contributed by atoms with E-state index >= 15 is 0 Å². The number of benzene rings is 1. The highest BCUT2D eigenvalue weighted by Crippen LogP contribution is 2.33. The SMILES string of the molecule is COC(=O)C(C)(C)CC(N)c1cc(F)c(F)cc1Cl. The van der Waals surface area contributed by atoms with Gasteiger partial charge in [-0.25, -0.2) is 8.78 Å². The van der Waals surface area contributed by atoms with Gasteiger partial charge in [-0.15, -0.1) is 0 Å². The van der Waals surface area contributed by atoms with Crippen molar-refractivity contribution in [1.29, 1.82) is 0 Å². The Balaban J connectivity index is 2.99. The maximum atomic E-state index is 13.2. The maximum Gasteiger partial charge on any atom is 0.311 e. The first-order chi connectivity index (χ1) is 8.69. The molecule has 0 aliphatic carbocycles. The van der Waals surface area contributed by atoms with E-state index in [1.807, 2.05) is 0 Å². The molecule has 19 heavy (non-hydrogen) atoms. The predicted octanol–water partition coefficient (Wildman–Crippen LogP) is 3.21. The van der Waals surface area contributed by atoms with Crippen LogP contribution in [0.25, 0.3) is 0 Å². The molecule has 0 radical (unpaired) electrons. The fraction of sp³-hybridized carbons (Fsp3) is 0.462. The minimum atomic E-state index is -1.03. The van der Waals surface area contributed by atoms with Gasteiger partial charge in [0.25, 0.3) is 0 Å². The van der Waals surface area contributed by atoms with E-state index in [4.69, 9.17) is 17.3 Å². The second-order valence-electron chi connectivity index (χ2n) is 4.97. The van der Waals surface area contributed by atoms with E-state index in [0.29, 0.717) is 0 Å². The van der Waals surface area contributed by atoms with Crippen molar-refractivity contribution in [2.24, 2.45) is 11.1 Å². The zero-order chi connectivity index (χ0) is 14.8. The monoisotopic (exact) mass is 291 g/mol. The summed E-state index contributed by atoms with van der Waals surface area (Å²) in [4.78, 5) is 11.6. The topological polar surface area (TPSA) is 52.3 Å². The molecule has 0 saturated carbocycles. The minimum absolute atomic E-state index is 0.0343. The maximum absolute atomic E-state index is 13.2. The Kier molecular flexibility index (Phi) is 4.87. The van der Waals surface area contributed by atoms with Crippen LogP contribution in [0.15, 0.2) is 12.1 Å². The number of rotatable bonds is 4. The lowest BCUT2D eigenvalue weighted by molar-refractivity contribution is -0.151. The smallest absolute Gasteiger partial charge is 0.311 e. The highest BCUT2D eigenvalue weighted by atomic mass is 35.5. The van der Waals surface area contributed by atoms with Gasteiger partial charge in [0.2, 0.25) is 0 Å². The molecule has 0 aliphatic rings. The van der Waals surface area contributed by atoms with E-state index in [-0.39, 0.29) is 17.0 Å². The molecule has 0 bridgehead atoms. The van der Waals surface area contributed by atoms with Crippen LogP contribution < -0.4 is 5.73 Å². The Morgan fingerprint density at radius 1 is 1.42 bits per heavy atom. The van der Waals surface area contributed by atoms with Crippen LogP contribution in [0.2, 0.25) is 5.02 Å². The minimum Gasteiger partial charge on any atom is -0.469 e. The lowest BCUT2D eigenvalue weighted by atomic mass is 9.84. The number of ether oxygens (including phenoxy) is 1. The van der Waals surface area contributed by atoms with Crippen molar-refractivity contribution < 1.29 is 18.3 Å². The summed E-state index contributed by atoms with van der Waals surface area (Å²) in [6, 6.07) is 1.13. The summed E-state index contributed by atoms with van der Waals surface area (Å²) in [7, 11) is 1.28. The number of nitrogens with two attached hydrogens (primary N) is 1. The van der Waals surface area contributed by atoms with Gasteiger partial charge in [0.1, 0.15) is 0 Å². The first-order valence-electron chi connectivity index (χ1n) is 5.67. The van der Waals surface area contributed by atoms with Crippen LogP contribution >= 0.6 is 11.6 Å². The van der Waals surface area contributed by atoms with Gasteiger partial charge in [0, 0.05) is 11.1 Å². The van der Waals surface area contributed by atoms with Gasteiger partial charge >= 0.3 is 5.97 Å². The molecule has 0 aliphatic heterocycles. The number of methoxy groups -OCH3 is 1. The molecule has 1 rings (SSSR count). The summed E-state index contributed by atoms with van der Waals surface area (Å²) in [5, 5.41) is 0.0343. The van der Waals surface area contributed by atoms with E-state index in [1.165, 1.54) is 7.11 Å². The van der Waals surface area contributed by atoms with Crippen molar-refractivity contribution >= 4 is 17.6 Å². The molecule has 1 aromatic rings. The van der Waals surface area contributed by atoms with E-state index in [1.54, 1.807) is 13.8 Å². The van der Waals surface area contributed by atoms with Crippen LogP contribution in [0.3, 0.4) is 0 Å². The summed E-state index contributed by atoms with van der Waals surface area (Å²) in [6.45, 7) is 3.32. The molecule has 0 heterocycles. The molecule has 1 atom stereocenters. The van der Waals surface area contributed by atoms with Gasteiger partial charge < -0.3 is 10.5 Å². The second-order valence-corrected chi connectivity index (χ2v) is 5.38. The Morgan fingerprint density at radius 3 is 2.47 bits per heavy atom. The van der Waals surface area contributed by atoms with Gasteiger partial charge in [-0.2, -0.15) is 0 Å². The zero-order valence-electron chi connectivity index (χ0n) is 11.0. The summed E-state index contributed by atoms with van der Waals surface area (Å²) in [5.41, 5.74) is 5.33. The average molecular weight is 292 g/mol. The third-order valence-corrected chi connectivity index (χ3v) is 3.23. The Bertz CT molecular complexity index is 492. The molecular formula is C13H16ClF2NO2. The third kappa shape index (κ3) is 3.64. The molecule has 1 aromatic carbocycles. The van der Waals surface area contributed by atoms with Gasteiger partial charge in [-0.05, 0) is 38.0 Å². The molecule has 0 amide bonds. The largest absolute Gasteiger partial charge is 0.469 e. The number of halogens is 3. The van der Waals surface area contributed by atoms with Gasteiger partial charge in [0.05, 0.1) is 12.5 Å². The molecule has 0 aromatic heterocycles. The Labute approximate surface area is 115 Å². The zero-order valence-corrected chi connectivity index (χ0v) is 11.7. The summed E-state index contributed by atoms with van der Waals surface area (Å²) in [5.74, 6) is -2.49. The number of esters is 1. The number of carbonyl (C=O) groups excluding carboxylic acids is 1. The number of hydrogen-bond donors (Lipinski definition) is 1. The fourth-order valence-corrected chi connectivity index (χ4v) is 2.13. The normalized spacial score (nSPS) is 13.2. The molecule has 0 fully saturated rings. The summed E-state index contributed by atoms with van der Waals surface area (Å²) in [6.07, 6.45) is 0.199. The van der Waals surface area contributed by atoms with Crippen LogP contribution in [0.4, 0.5) is 8.78 Å². The summed E-state index contributed by atoms with van der Waals surface area (Å²) < 4.78 is 30.8. The van der Waals surface area contributed by atoms with Crippen molar-refractivity contribution in [3.63, 3.8) is 0 Å². The quantitative estimate of drug-likeness (QED) is 0.684. The second kappa shape index (κ2) is 5.84. The third-order valence-electron chi connectivity index (χ3n) is 2.91. The van der Waals surface area contributed by atoms with Crippen molar-refractivity contribution in [3.8, 4) is 0 Å². The predicted molar refractivity (Wildman–Crippen MR) is 68.7 cm³/mol. The van der Waals surface area contributed by atoms with Gasteiger partial charge in [-0.3, -0.25) is 4.79 Å². The van der Waals surface area contributed by atoms with E-state index in [9.17, 15) is 13.6 Å². The van der Waals surface area contributed by atoms with Crippen LogP contribution in [-0.4, -0.2) is 13.1 Å². The molecule has 2 N–H and O–H groups in total. The highest BCUT2D eigenvalue weighted by Gasteiger charge is 2.32. The van der Waals surface area contributed by atoms with Crippen LogP contribution in [0, 0.1) is 17.0 Å². The molecule has 6 heteroatoms. The lowest BCUT2D eigenvalue weighted by Gasteiger charge is -2.25. The van der Waals surface area contributed by atoms with Gasteiger partial charge in [0.15, 0.2) is 11.6 Å². The van der Waals surface area contributed by atoms with Crippen molar-refractivity contribution in [2.45, 2.75) is 26.3 Å². The van der Waals surface area contributed by atoms with Crippen LogP contribution in [0.1, 0.15) is 31.9 Å². The molecule has 0 saturated heterocycles. The number of carbonyl (C=O) groups is 1. The Morgan fingerprint density at radius 2 is 1.95 bits per heavy atom. The number of hydrogen-bond acceptors (Lipinski definition) is 3. The van der Waals surface area contributed by atoms with Crippen molar-refractivity contribution in [3.05, 3.63) is 34.4 Å². The first-order valence-corrected chi connectivity index (χ1v) is 6.05. The first kappa shape index (κ1) is 15.9. The molecule has 3 nitrogen and oxygen atoms in total. The van der Waals surface area contributed by atoms with E-state index in [0.717, 1.165) is 12.1 Å². The fourth-order valence-electron chi connectivity index (χ4n) is 1.84. The van der Waals surface area contributed by atoms with Crippen molar-refractivity contribution in [1.82, 2.24) is 0 Å². The Hall–Kier alpha value is -1.20. The average Bonchev–Trinajstić information content (AvgIpc) is 2.31. The van der Waals surface area contributed by atoms with E-state index < -0.39 is 29.1 Å². The van der Waals surface area contributed by atoms with E-state index in [2.05, 4.69) is 4.74 Å². The molecular weight excluding hydrogens is 276 g/mol. The molecule has 1 unspecified atom stereocenters. The standard InChI is InChI=1S/C13H16ClF2NO2/c1-13(2,12(18)19-3)6-11(17)7-4-9(15)10(16)5-8(7)14/h4-5,11H,6,17H2,1-3H3. The highest BCUT2D eigenvalue weighted by molar-refractivity contribution is 6.31. The van der Waals surface area contributed by atoms with Crippen molar-refractivity contribution in [2.75, 3.05) is 7.11 Å². The van der Waals surface area contributed by atoms with Crippen LogP contribution in [0.5, 0.6) is 0 Å². The lowest BCUT2D eigenvalue weighted by Crippen LogP contribution is -2.30. The van der Waals surface area contributed by atoms with Crippen LogP contribution in [-0.2, 0) is 9.53 Å². The summed E-state index contributed by atoms with van der Waals surface area (Å²) >= 11 is 5.84. The molecule has 0 spiro atoms. The van der Waals surface area contributed by atoms with Gasteiger partial charge in [-0.1, -0.05) is 11.6 Å².